The molecule has 138 valence electrons. The van der Waals surface area contributed by atoms with E-state index in [9.17, 15) is 13.2 Å². The highest BCUT2D eigenvalue weighted by molar-refractivity contribution is 8.13. The topological polar surface area (TPSA) is 89.7 Å². The van der Waals surface area contributed by atoms with Crippen LogP contribution in [0.5, 0.6) is 11.5 Å². The number of anilines is 1. The van der Waals surface area contributed by atoms with Crippen molar-refractivity contribution >= 4 is 32.6 Å². The summed E-state index contributed by atoms with van der Waals surface area (Å²) < 4.78 is 30.4. The molecule has 0 atom stereocenters. The number of nitrogens with two attached hydrogens (primary N) is 1. The normalized spacial score (nSPS) is 14.5. The summed E-state index contributed by atoms with van der Waals surface area (Å²) >= 11 is 1.02. The van der Waals surface area contributed by atoms with Crippen molar-refractivity contribution < 1.29 is 17.9 Å². The minimum atomic E-state index is -4.08. The largest absolute Gasteiger partial charge is 0.454 e. The van der Waals surface area contributed by atoms with Crippen molar-refractivity contribution in [1.82, 2.24) is 0 Å². The van der Waals surface area contributed by atoms with Crippen molar-refractivity contribution in [3.8, 4) is 11.5 Å². The van der Waals surface area contributed by atoms with Crippen molar-refractivity contribution in [3.05, 3.63) is 48.0 Å². The van der Waals surface area contributed by atoms with E-state index in [0.29, 0.717) is 17.0 Å². The van der Waals surface area contributed by atoms with Crippen LogP contribution in [-0.4, -0.2) is 32.9 Å². The van der Waals surface area contributed by atoms with Crippen LogP contribution in [0.3, 0.4) is 0 Å². The molecule has 0 aliphatic carbocycles. The molecule has 1 aliphatic rings. The van der Waals surface area contributed by atoms with Gasteiger partial charge in [0.05, 0.1) is 5.69 Å². The number of hydrogen-bond donors (Lipinski definition) is 1. The van der Waals surface area contributed by atoms with Crippen molar-refractivity contribution in [3.63, 3.8) is 0 Å². The molecule has 1 heterocycles. The highest BCUT2D eigenvalue weighted by Gasteiger charge is 2.27. The average molecular weight is 393 g/mol. The number of para-hydroxylation sites is 1. The van der Waals surface area contributed by atoms with Crippen LogP contribution < -0.4 is 14.8 Å². The molecule has 1 saturated heterocycles. The summed E-state index contributed by atoms with van der Waals surface area (Å²) in [6.45, 7) is 1.54. The minimum absolute atomic E-state index is 0.165. The number of sulfonamides is 1. The number of carbonyl (C=O) groups excluding carboxylic acids is 1. The summed E-state index contributed by atoms with van der Waals surface area (Å²) in [6.07, 6.45) is 3.65. The zero-order valence-corrected chi connectivity index (χ0v) is 16.0. The van der Waals surface area contributed by atoms with Crippen LogP contribution >= 0.6 is 11.8 Å². The van der Waals surface area contributed by atoms with E-state index in [-0.39, 0.29) is 15.8 Å². The Morgan fingerprint density at radius 1 is 1.15 bits per heavy atom. The maximum atomic E-state index is 12.2. The van der Waals surface area contributed by atoms with Crippen LogP contribution in [0.4, 0.5) is 5.69 Å². The van der Waals surface area contributed by atoms with Crippen molar-refractivity contribution in [2.45, 2.75) is 17.7 Å². The van der Waals surface area contributed by atoms with Gasteiger partial charge in [-0.15, -0.1) is 0 Å². The molecular weight excluding hydrogens is 372 g/mol. The number of carbonyl (C=O) groups is 1. The second-order valence-corrected chi connectivity index (χ2v) is 8.28. The number of primary sulfonamides is 1. The molecule has 0 amide bonds. The lowest BCUT2D eigenvalue weighted by molar-refractivity contribution is 0.108. The van der Waals surface area contributed by atoms with Crippen LogP contribution in [0.15, 0.2) is 47.4 Å². The van der Waals surface area contributed by atoms with Crippen LogP contribution in [0.2, 0.25) is 0 Å². The quantitative estimate of drug-likeness (QED) is 0.840. The van der Waals surface area contributed by atoms with Gasteiger partial charge in [0.2, 0.25) is 15.1 Å². The van der Waals surface area contributed by atoms with Gasteiger partial charge in [-0.05, 0) is 43.4 Å². The molecule has 2 aromatic carbocycles. The Morgan fingerprint density at radius 2 is 1.81 bits per heavy atom. The van der Waals surface area contributed by atoms with Gasteiger partial charge in [0, 0.05) is 18.7 Å². The second-order valence-electron chi connectivity index (χ2n) is 5.97. The van der Waals surface area contributed by atoms with Crippen LogP contribution in [0, 0.1) is 0 Å². The molecule has 8 heteroatoms. The molecule has 3 rings (SSSR count). The third kappa shape index (κ3) is 4.03. The highest BCUT2D eigenvalue weighted by Crippen LogP contribution is 2.40. The fourth-order valence-electron chi connectivity index (χ4n) is 2.94. The number of benzene rings is 2. The molecule has 1 fully saturated rings. The van der Waals surface area contributed by atoms with Gasteiger partial charge in [-0.3, -0.25) is 4.79 Å². The number of rotatable bonds is 5. The second kappa shape index (κ2) is 7.69. The van der Waals surface area contributed by atoms with E-state index in [1.165, 1.54) is 6.07 Å². The number of nitrogens with zero attached hydrogens (tertiary/aromatic N) is 1. The SMILES string of the molecule is CSC(=O)c1cc(N2CCCC2)c(Oc2ccccc2)c(S(N)(=O)=O)c1. The predicted octanol–water partition coefficient (Wildman–Crippen LogP) is 3.23. The maximum Gasteiger partial charge on any atom is 0.241 e. The van der Waals surface area contributed by atoms with Gasteiger partial charge in [0.25, 0.3) is 0 Å². The molecule has 6 nitrogen and oxygen atoms in total. The summed E-state index contributed by atoms with van der Waals surface area (Å²) in [5, 5.41) is 5.22. The fraction of sp³-hybridized carbons (Fsp3) is 0.278. The standard InChI is InChI=1S/C18H20N2O4S2/c1-25-18(21)13-11-15(20-9-5-6-10-20)17(16(12-13)26(19,22)23)24-14-7-3-2-4-8-14/h2-4,7-8,11-12H,5-6,9-10H2,1H3,(H2,19,22,23). The lowest BCUT2D eigenvalue weighted by Gasteiger charge is -2.24. The zero-order valence-electron chi connectivity index (χ0n) is 14.3. The number of hydrogen-bond acceptors (Lipinski definition) is 6. The molecule has 2 aromatic rings. The summed E-state index contributed by atoms with van der Waals surface area (Å²) in [5.74, 6) is 0.667. The Labute approximate surface area is 157 Å². The monoisotopic (exact) mass is 392 g/mol. The van der Waals surface area contributed by atoms with E-state index in [2.05, 4.69) is 0 Å². The molecule has 0 spiro atoms. The smallest absolute Gasteiger partial charge is 0.241 e. The van der Waals surface area contributed by atoms with Crippen LogP contribution in [0.1, 0.15) is 23.2 Å². The van der Waals surface area contributed by atoms with Crippen molar-refractivity contribution in [2.75, 3.05) is 24.2 Å². The molecule has 0 aromatic heterocycles. The van der Waals surface area contributed by atoms with Gasteiger partial charge in [0.15, 0.2) is 5.75 Å². The van der Waals surface area contributed by atoms with Crippen molar-refractivity contribution in [1.29, 1.82) is 0 Å². The molecular formula is C18H20N2O4S2. The van der Waals surface area contributed by atoms with Gasteiger partial charge in [0.1, 0.15) is 10.6 Å². The maximum absolute atomic E-state index is 12.2. The Hall–Kier alpha value is -2.03. The molecule has 1 aliphatic heterocycles. The van der Waals surface area contributed by atoms with Gasteiger partial charge < -0.3 is 9.64 Å². The van der Waals surface area contributed by atoms with E-state index in [0.717, 1.165) is 37.7 Å². The summed E-state index contributed by atoms with van der Waals surface area (Å²) in [5.41, 5.74) is 0.874. The zero-order chi connectivity index (χ0) is 18.7. The third-order valence-electron chi connectivity index (χ3n) is 4.17. The Morgan fingerprint density at radius 3 is 2.38 bits per heavy atom. The Bertz CT molecular complexity index is 908. The van der Waals surface area contributed by atoms with Crippen molar-refractivity contribution in [2.24, 2.45) is 5.14 Å². The van der Waals surface area contributed by atoms with E-state index < -0.39 is 10.0 Å². The van der Waals surface area contributed by atoms with E-state index >= 15 is 0 Å². The lowest BCUT2D eigenvalue weighted by atomic mass is 10.1. The average Bonchev–Trinajstić information content (AvgIpc) is 3.15. The first-order valence-electron chi connectivity index (χ1n) is 8.17. The summed E-state index contributed by atoms with van der Waals surface area (Å²) in [6, 6.07) is 11.9. The van der Waals surface area contributed by atoms with E-state index in [1.54, 1.807) is 36.6 Å². The van der Waals surface area contributed by atoms with E-state index in [4.69, 9.17) is 9.88 Å². The first-order valence-corrected chi connectivity index (χ1v) is 10.9. The Balaban J connectivity index is 2.21. The highest BCUT2D eigenvalue weighted by atomic mass is 32.2. The van der Waals surface area contributed by atoms with Crippen LogP contribution in [-0.2, 0) is 10.0 Å². The van der Waals surface area contributed by atoms with Gasteiger partial charge in [-0.2, -0.15) is 0 Å². The number of thioether (sulfide) groups is 1. The molecule has 0 bridgehead atoms. The van der Waals surface area contributed by atoms with Gasteiger partial charge >= 0.3 is 0 Å². The third-order valence-corrected chi connectivity index (χ3v) is 5.70. The fourth-order valence-corrected chi connectivity index (χ4v) is 3.99. The lowest BCUT2D eigenvalue weighted by Crippen LogP contribution is -2.21. The Kier molecular flexibility index (Phi) is 5.55. The molecule has 0 saturated carbocycles. The first-order chi connectivity index (χ1) is 12.4. The predicted molar refractivity (Wildman–Crippen MR) is 104 cm³/mol. The minimum Gasteiger partial charge on any atom is -0.454 e. The first kappa shape index (κ1) is 18.8. The molecule has 0 unspecified atom stereocenters. The summed E-state index contributed by atoms with van der Waals surface area (Å²) in [7, 11) is -4.08. The molecule has 26 heavy (non-hydrogen) atoms. The van der Waals surface area contributed by atoms with Gasteiger partial charge in [-0.25, -0.2) is 13.6 Å². The summed E-state index contributed by atoms with van der Waals surface area (Å²) in [4.78, 5) is 14.1. The molecule has 0 radical (unpaired) electrons. The van der Waals surface area contributed by atoms with Crippen LogP contribution in [0.25, 0.3) is 0 Å². The molecule has 2 N–H and O–H groups in total. The van der Waals surface area contributed by atoms with Gasteiger partial charge in [-0.1, -0.05) is 30.0 Å². The van der Waals surface area contributed by atoms with E-state index in [1.807, 2.05) is 11.0 Å². The number of ether oxygens (including phenoxy) is 1.